The van der Waals surface area contributed by atoms with Crippen molar-refractivity contribution in [3.63, 3.8) is 0 Å². The van der Waals surface area contributed by atoms with Gasteiger partial charge in [-0.1, -0.05) is 0 Å². The van der Waals surface area contributed by atoms with E-state index >= 15 is 0 Å². The first kappa shape index (κ1) is 8.38. The van der Waals surface area contributed by atoms with E-state index < -0.39 is 0 Å². The van der Waals surface area contributed by atoms with Crippen LogP contribution >= 0.6 is 0 Å². The molecular weight excluding hydrogens is 164 g/mol. The van der Waals surface area contributed by atoms with Crippen molar-refractivity contribution in [2.45, 2.75) is 13.3 Å². The summed E-state index contributed by atoms with van der Waals surface area (Å²) in [6.07, 6.45) is 1.09. The first-order valence-electron chi connectivity index (χ1n) is 4.53. The highest BCUT2D eigenvalue weighted by atomic mass is 16.7. The van der Waals surface area contributed by atoms with Crippen LogP contribution in [0.25, 0.3) is 0 Å². The Hall–Kier alpha value is -1.22. The zero-order valence-electron chi connectivity index (χ0n) is 7.79. The van der Waals surface area contributed by atoms with E-state index in [-0.39, 0.29) is 0 Å². The molecule has 0 radical (unpaired) electrons. The molecule has 13 heavy (non-hydrogen) atoms. The van der Waals surface area contributed by atoms with E-state index in [2.05, 4.69) is 6.07 Å². The third-order valence-corrected chi connectivity index (χ3v) is 2.13. The van der Waals surface area contributed by atoms with E-state index in [1.54, 1.807) is 0 Å². The molecule has 0 bridgehead atoms. The second kappa shape index (κ2) is 3.26. The molecule has 3 nitrogen and oxygen atoms in total. The lowest BCUT2D eigenvalue weighted by Gasteiger charge is -2.16. The average Bonchev–Trinajstić information content (AvgIpc) is 2.53. The molecule has 0 amide bonds. The highest BCUT2D eigenvalue weighted by Gasteiger charge is 2.13. The molecule has 70 valence electrons. The molecule has 1 aromatic rings. The summed E-state index contributed by atoms with van der Waals surface area (Å²) in [6.45, 7) is 3.81. The summed E-state index contributed by atoms with van der Waals surface area (Å²) < 4.78 is 0. The molecule has 0 aliphatic carbocycles. The summed E-state index contributed by atoms with van der Waals surface area (Å²) in [4.78, 5) is 5.43. The summed E-state index contributed by atoms with van der Waals surface area (Å²) in [6, 6.07) is 5.99. The Labute approximate surface area is 78.1 Å². The normalized spacial score (nSPS) is 16.5. The highest BCUT2D eigenvalue weighted by molar-refractivity contribution is 5.57. The maximum Gasteiger partial charge on any atom is 0.0766 e. The number of nitrogen functional groups attached to an aromatic ring is 1. The van der Waals surface area contributed by atoms with E-state index in [9.17, 15) is 0 Å². The van der Waals surface area contributed by atoms with Crippen LogP contribution in [-0.2, 0) is 4.84 Å². The molecular formula is C10H14N2O. The van der Waals surface area contributed by atoms with Gasteiger partial charge in [-0.25, -0.2) is 0 Å². The highest BCUT2D eigenvalue weighted by Crippen LogP contribution is 2.23. The van der Waals surface area contributed by atoms with Crippen molar-refractivity contribution >= 4 is 11.4 Å². The second-order valence-electron chi connectivity index (χ2n) is 3.39. The SMILES string of the molecule is Cc1cc(N)cc(N2CCCO2)c1. The van der Waals surface area contributed by atoms with Gasteiger partial charge in [0.05, 0.1) is 12.3 Å². The van der Waals surface area contributed by atoms with Gasteiger partial charge in [-0.3, -0.25) is 9.90 Å². The summed E-state index contributed by atoms with van der Waals surface area (Å²) in [5, 5.41) is 1.91. The number of rotatable bonds is 1. The van der Waals surface area contributed by atoms with E-state index in [0.717, 1.165) is 30.9 Å². The number of nitrogens with zero attached hydrogens (tertiary/aromatic N) is 1. The topological polar surface area (TPSA) is 38.5 Å². The number of aryl methyl sites for hydroxylation is 1. The zero-order valence-corrected chi connectivity index (χ0v) is 7.79. The van der Waals surface area contributed by atoms with Crippen LogP contribution in [0, 0.1) is 6.92 Å². The first-order valence-corrected chi connectivity index (χ1v) is 4.53. The largest absolute Gasteiger partial charge is 0.399 e. The van der Waals surface area contributed by atoms with Crippen LogP contribution in [0.3, 0.4) is 0 Å². The molecule has 1 fully saturated rings. The maximum atomic E-state index is 5.74. The lowest BCUT2D eigenvalue weighted by molar-refractivity contribution is 0.168. The molecule has 2 N–H and O–H groups in total. The van der Waals surface area contributed by atoms with Gasteiger partial charge in [-0.15, -0.1) is 0 Å². The molecule has 0 unspecified atom stereocenters. The van der Waals surface area contributed by atoms with Crippen LogP contribution < -0.4 is 10.8 Å². The van der Waals surface area contributed by atoms with Gasteiger partial charge in [0.25, 0.3) is 0 Å². The van der Waals surface area contributed by atoms with Crippen molar-refractivity contribution in [2.75, 3.05) is 23.9 Å². The number of benzene rings is 1. The number of hydroxylamine groups is 1. The number of nitrogens with two attached hydrogens (primary N) is 1. The molecule has 1 aliphatic rings. The van der Waals surface area contributed by atoms with Crippen molar-refractivity contribution in [3.05, 3.63) is 23.8 Å². The summed E-state index contributed by atoms with van der Waals surface area (Å²) in [5.41, 5.74) is 8.78. The van der Waals surface area contributed by atoms with Gasteiger partial charge in [0, 0.05) is 12.2 Å². The van der Waals surface area contributed by atoms with Crippen molar-refractivity contribution in [1.82, 2.24) is 0 Å². The summed E-state index contributed by atoms with van der Waals surface area (Å²) in [5.74, 6) is 0. The quantitative estimate of drug-likeness (QED) is 0.665. The van der Waals surface area contributed by atoms with Crippen LogP contribution in [0.1, 0.15) is 12.0 Å². The van der Waals surface area contributed by atoms with Gasteiger partial charge < -0.3 is 5.73 Å². The Balaban J connectivity index is 2.28. The first-order chi connectivity index (χ1) is 6.25. The van der Waals surface area contributed by atoms with Gasteiger partial charge in [0.1, 0.15) is 0 Å². The fourth-order valence-electron chi connectivity index (χ4n) is 1.59. The standard InChI is InChI=1S/C10H14N2O/c1-8-5-9(11)7-10(6-8)12-3-2-4-13-12/h5-7H,2-4,11H2,1H3. The van der Waals surface area contributed by atoms with Crippen molar-refractivity contribution < 1.29 is 4.84 Å². The number of anilines is 2. The molecule has 0 spiro atoms. The Morgan fingerprint density at radius 1 is 1.38 bits per heavy atom. The monoisotopic (exact) mass is 178 g/mol. The molecule has 1 aliphatic heterocycles. The molecule has 1 saturated heterocycles. The minimum Gasteiger partial charge on any atom is -0.399 e. The van der Waals surface area contributed by atoms with Crippen LogP contribution in [-0.4, -0.2) is 13.2 Å². The lowest BCUT2D eigenvalue weighted by atomic mass is 10.2. The minimum absolute atomic E-state index is 0.797. The molecule has 0 aromatic heterocycles. The summed E-state index contributed by atoms with van der Waals surface area (Å²) in [7, 11) is 0. The average molecular weight is 178 g/mol. The molecule has 0 atom stereocenters. The van der Waals surface area contributed by atoms with Crippen LogP contribution in [0.4, 0.5) is 11.4 Å². The zero-order chi connectivity index (χ0) is 9.26. The Bertz CT molecular complexity index is 286. The fourth-order valence-corrected chi connectivity index (χ4v) is 1.59. The smallest absolute Gasteiger partial charge is 0.0766 e. The van der Waals surface area contributed by atoms with Crippen LogP contribution in [0.5, 0.6) is 0 Å². The number of hydrogen-bond donors (Lipinski definition) is 1. The van der Waals surface area contributed by atoms with E-state index in [1.807, 2.05) is 24.1 Å². The molecule has 1 heterocycles. The molecule has 2 rings (SSSR count). The third-order valence-electron chi connectivity index (χ3n) is 2.13. The third kappa shape index (κ3) is 1.75. The van der Waals surface area contributed by atoms with Crippen LogP contribution in [0.2, 0.25) is 0 Å². The minimum atomic E-state index is 0.797. The van der Waals surface area contributed by atoms with Crippen molar-refractivity contribution in [1.29, 1.82) is 0 Å². The van der Waals surface area contributed by atoms with Crippen molar-refractivity contribution in [3.8, 4) is 0 Å². The van der Waals surface area contributed by atoms with E-state index in [0.29, 0.717) is 0 Å². The lowest BCUT2D eigenvalue weighted by Crippen LogP contribution is -2.16. The Morgan fingerprint density at radius 2 is 2.23 bits per heavy atom. The fraction of sp³-hybridized carbons (Fsp3) is 0.400. The van der Waals surface area contributed by atoms with Gasteiger partial charge in [-0.2, -0.15) is 0 Å². The van der Waals surface area contributed by atoms with Gasteiger partial charge in [0.2, 0.25) is 0 Å². The van der Waals surface area contributed by atoms with E-state index in [4.69, 9.17) is 10.6 Å². The predicted molar refractivity (Wildman–Crippen MR) is 53.5 cm³/mol. The second-order valence-corrected chi connectivity index (χ2v) is 3.39. The predicted octanol–water partition coefficient (Wildman–Crippen LogP) is 1.72. The Morgan fingerprint density at radius 3 is 2.85 bits per heavy atom. The Kier molecular flexibility index (Phi) is 2.10. The van der Waals surface area contributed by atoms with Crippen LogP contribution in [0.15, 0.2) is 18.2 Å². The van der Waals surface area contributed by atoms with E-state index in [1.165, 1.54) is 5.56 Å². The molecule has 3 heteroatoms. The van der Waals surface area contributed by atoms with Gasteiger partial charge in [0.15, 0.2) is 0 Å². The number of hydrogen-bond acceptors (Lipinski definition) is 3. The van der Waals surface area contributed by atoms with Gasteiger partial charge >= 0.3 is 0 Å². The molecule has 0 saturated carbocycles. The molecule has 1 aromatic carbocycles. The van der Waals surface area contributed by atoms with Crippen molar-refractivity contribution in [2.24, 2.45) is 0 Å². The van der Waals surface area contributed by atoms with Gasteiger partial charge in [-0.05, 0) is 37.1 Å². The summed E-state index contributed by atoms with van der Waals surface area (Å²) >= 11 is 0. The maximum absolute atomic E-state index is 5.74.